The van der Waals surface area contributed by atoms with Crippen molar-refractivity contribution in [2.24, 2.45) is 0 Å². The predicted molar refractivity (Wildman–Crippen MR) is 110 cm³/mol. The first kappa shape index (κ1) is 20.5. The largest absolute Gasteiger partial charge is 0.452 e. The first-order chi connectivity index (χ1) is 13.8. The summed E-state index contributed by atoms with van der Waals surface area (Å²) < 4.78 is 5.35. The number of nitrogens with one attached hydrogen (secondary N) is 1. The highest BCUT2D eigenvalue weighted by Gasteiger charge is 2.35. The van der Waals surface area contributed by atoms with Crippen LogP contribution in [0.15, 0.2) is 46.9 Å². The molecule has 8 nitrogen and oxygen atoms in total. The zero-order valence-corrected chi connectivity index (χ0v) is 17.4. The number of amides is 4. The molecule has 0 fully saturated rings. The van der Waals surface area contributed by atoms with Crippen molar-refractivity contribution in [3.8, 4) is 0 Å². The van der Waals surface area contributed by atoms with E-state index < -0.39 is 17.9 Å². The van der Waals surface area contributed by atoms with E-state index in [1.54, 1.807) is 49.5 Å². The fraction of sp³-hybridized carbons (Fsp3) is 0.200. The van der Waals surface area contributed by atoms with Crippen LogP contribution in [0.3, 0.4) is 0 Å². The fourth-order valence-corrected chi connectivity index (χ4v) is 3.27. The Hall–Kier alpha value is -3.20. The van der Waals surface area contributed by atoms with E-state index in [0.29, 0.717) is 27.0 Å². The van der Waals surface area contributed by atoms with Gasteiger partial charge in [0.2, 0.25) is 5.91 Å². The van der Waals surface area contributed by atoms with Gasteiger partial charge in [0.25, 0.3) is 11.8 Å². The van der Waals surface area contributed by atoms with Gasteiger partial charge in [-0.1, -0.05) is 15.9 Å². The summed E-state index contributed by atoms with van der Waals surface area (Å²) in [5.74, 6) is -1.15. The van der Waals surface area contributed by atoms with E-state index in [4.69, 9.17) is 0 Å². The summed E-state index contributed by atoms with van der Waals surface area (Å²) in [7, 11) is 2.86. The van der Waals surface area contributed by atoms with E-state index in [9.17, 15) is 19.2 Å². The van der Waals surface area contributed by atoms with Gasteiger partial charge in [-0.25, -0.2) is 4.79 Å². The molecule has 0 radical (unpaired) electrons. The molecule has 29 heavy (non-hydrogen) atoms. The Morgan fingerprint density at radius 1 is 1.07 bits per heavy atom. The number of carbonyl (C=O) groups excluding carboxylic acids is 4. The van der Waals surface area contributed by atoms with Crippen LogP contribution < -0.4 is 10.2 Å². The molecule has 0 bridgehead atoms. The van der Waals surface area contributed by atoms with Crippen molar-refractivity contribution in [1.82, 2.24) is 4.90 Å². The highest BCUT2D eigenvalue weighted by atomic mass is 79.9. The SMILES string of the molecule is COC(=O)N(C)c1ccc(NC(=O)CCN2C(=O)c3ccc(Br)cc3C2=O)cc1. The molecule has 1 aliphatic rings. The van der Waals surface area contributed by atoms with Gasteiger partial charge < -0.3 is 10.1 Å². The third kappa shape index (κ3) is 4.29. The van der Waals surface area contributed by atoms with Gasteiger partial charge in [0.1, 0.15) is 0 Å². The standard InChI is InChI=1S/C20H18BrN3O5/c1-23(20(28)29-2)14-6-4-13(5-7-14)22-17(25)9-10-24-18(26)15-8-3-12(21)11-16(15)19(24)27/h3-8,11H,9-10H2,1-2H3,(H,22,25). The first-order valence-corrected chi connectivity index (χ1v) is 9.48. The Bertz CT molecular complexity index is 990. The van der Waals surface area contributed by atoms with Gasteiger partial charge in [0.05, 0.1) is 18.2 Å². The normalized spacial score (nSPS) is 12.6. The summed E-state index contributed by atoms with van der Waals surface area (Å²) in [4.78, 5) is 50.9. The van der Waals surface area contributed by atoms with Crippen molar-refractivity contribution >= 4 is 51.1 Å². The molecule has 1 heterocycles. The number of fused-ring (bicyclic) bond motifs is 1. The number of methoxy groups -OCH3 is 1. The second kappa shape index (κ2) is 8.44. The predicted octanol–water partition coefficient (Wildman–Crippen LogP) is 3.28. The van der Waals surface area contributed by atoms with Crippen molar-refractivity contribution in [3.63, 3.8) is 0 Å². The summed E-state index contributed by atoms with van der Waals surface area (Å²) in [6, 6.07) is 11.5. The van der Waals surface area contributed by atoms with Gasteiger partial charge >= 0.3 is 6.09 Å². The summed E-state index contributed by atoms with van der Waals surface area (Å²) in [5.41, 5.74) is 1.80. The summed E-state index contributed by atoms with van der Waals surface area (Å²) in [6.45, 7) is -0.0149. The molecule has 0 aromatic heterocycles. The van der Waals surface area contributed by atoms with E-state index >= 15 is 0 Å². The van der Waals surface area contributed by atoms with Crippen LogP contribution >= 0.6 is 15.9 Å². The van der Waals surface area contributed by atoms with Crippen molar-refractivity contribution in [3.05, 3.63) is 58.1 Å². The lowest BCUT2D eigenvalue weighted by Crippen LogP contribution is -2.32. The summed E-state index contributed by atoms with van der Waals surface area (Å²) >= 11 is 3.28. The summed E-state index contributed by atoms with van der Waals surface area (Å²) in [6.07, 6.45) is -0.536. The molecule has 3 rings (SSSR count). The van der Waals surface area contributed by atoms with E-state index in [1.165, 1.54) is 12.0 Å². The third-order valence-electron chi connectivity index (χ3n) is 4.48. The lowest BCUT2D eigenvalue weighted by atomic mass is 10.1. The average molecular weight is 460 g/mol. The Morgan fingerprint density at radius 2 is 1.72 bits per heavy atom. The highest BCUT2D eigenvalue weighted by Crippen LogP contribution is 2.26. The molecule has 0 unspecified atom stereocenters. The van der Waals surface area contributed by atoms with Gasteiger partial charge in [-0.15, -0.1) is 0 Å². The zero-order chi connectivity index (χ0) is 21.1. The van der Waals surface area contributed by atoms with Crippen LogP contribution in [-0.4, -0.2) is 49.4 Å². The minimum Gasteiger partial charge on any atom is -0.452 e. The smallest absolute Gasteiger partial charge is 0.413 e. The number of carbonyl (C=O) groups is 4. The maximum absolute atomic E-state index is 12.4. The molecule has 4 amide bonds. The van der Waals surface area contributed by atoms with E-state index in [1.807, 2.05) is 0 Å². The maximum atomic E-state index is 12.4. The molecule has 9 heteroatoms. The molecule has 1 aliphatic heterocycles. The van der Waals surface area contributed by atoms with Crippen LogP contribution in [0.2, 0.25) is 0 Å². The van der Waals surface area contributed by atoms with Crippen molar-refractivity contribution in [2.45, 2.75) is 6.42 Å². The van der Waals surface area contributed by atoms with Crippen LogP contribution in [0, 0.1) is 0 Å². The Morgan fingerprint density at radius 3 is 2.38 bits per heavy atom. The van der Waals surface area contributed by atoms with Crippen molar-refractivity contribution in [2.75, 3.05) is 30.9 Å². The lowest BCUT2D eigenvalue weighted by Gasteiger charge is -2.16. The van der Waals surface area contributed by atoms with E-state index in [2.05, 4.69) is 26.0 Å². The second-order valence-corrected chi connectivity index (χ2v) is 7.24. The Balaban J connectivity index is 1.57. The number of hydrogen-bond donors (Lipinski definition) is 1. The van der Waals surface area contributed by atoms with Crippen LogP contribution in [0.4, 0.5) is 16.2 Å². The minimum atomic E-state index is -0.505. The fourth-order valence-electron chi connectivity index (χ4n) is 2.91. The average Bonchev–Trinajstić information content (AvgIpc) is 2.95. The van der Waals surface area contributed by atoms with Gasteiger partial charge in [0.15, 0.2) is 0 Å². The monoisotopic (exact) mass is 459 g/mol. The first-order valence-electron chi connectivity index (χ1n) is 8.69. The number of ether oxygens (including phenoxy) is 1. The molecule has 2 aromatic carbocycles. The van der Waals surface area contributed by atoms with Crippen LogP contribution in [0.5, 0.6) is 0 Å². The van der Waals surface area contributed by atoms with Crippen molar-refractivity contribution in [1.29, 1.82) is 0 Å². The molecule has 0 saturated heterocycles. The third-order valence-corrected chi connectivity index (χ3v) is 4.98. The molecule has 150 valence electrons. The molecule has 2 aromatic rings. The van der Waals surface area contributed by atoms with Crippen molar-refractivity contribution < 1.29 is 23.9 Å². The molecular weight excluding hydrogens is 442 g/mol. The summed E-state index contributed by atoms with van der Waals surface area (Å²) in [5, 5.41) is 2.70. The van der Waals surface area contributed by atoms with Gasteiger partial charge in [-0.2, -0.15) is 0 Å². The maximum Gasteiger partial charge on any atom is 0.413 e. The van der Waals surface area contributed by atoms with Gasteiger partial charge in [-0.05, 0) is 42.5 Å². The Labute approximate surface area is 175 Å². The number of hydrogen-bond acceptors (Lipinski definition) is 5. The number of nitrogens with zero attached hydrogens (tertiary/aromatic N) is 2. The molecule has 0 atom stereocenters. The molecule has 0 spiro atoms. The molecule has 0 saturated carbocycles. The van der Waals surface area contributed by atoms with Crippen LogP contribution in [0.1, 0.15) is 27.1 Å². The number of imide groups is 1. The Kier molecular flexibility index (Phi) is 5.97. The second-order valence-electron chi connectivity index (χ2n) is 6.33. The topological polar surface area (TPSA) is 96.0 Å². The van der Waals surface area contributed by atoms with Gasteiger partial charge in [0, 0.05) is 35.9 Å². The van der Waals surface area contributed by atoms with Crippen LogP contribution in [-0.2, 0) is 9.53 Å². The van der Waals surface area contributed by atoms with Gasteiger partial charge in [-0.3, -0.25) is 24.2 Å². The zero-order valence-electron chi connectivity index (χ0n) is 15.8. The highest BCUT2D eigenvalue weighted by molar-refractivity contribution is 9.10. The number of rotatable bonds is 5. The van der Waals surface area contributed by atoms with Crippen LogP contribution in [0.25, 0.3) is 0 Å². The minimum absolute atomic E-state index is 0.0149. The molecule has 1 N–H and O–H groups in total. The number of halogens is 1. The van der Waals surface area contributed by atoms with E-state index in [0.717, 1.165) is 4.90 Å². The quantitative estimate of drug-likeness (QED) is 0.692. The lowest BCUT2D eigenvalue weighted by molar-refractivity contribution is -0.116. The van der Waals surface area contributed by atoms with E-state index in [-0.39, 0.29) is 18.9 Å². The number of benzene rings is 2. The molecular formula is C20H18BrN3O5. The molecule has 0 aliphatic carbocycles. The number of anilines is 2.